The van der Waals surface area contributed by atoms with Crippen LogP contribution in [-0.2, 0) is 13.0 Å². The van der Waals surface area contributed by atoms with Gasteiger partial charge >= 0.3 is 6.61 Å². The van der Waals surface area contributed by atoms with Gasteiger partial charge in [0.15, 0.2) is 11.5 Å². The summed E-state index contributed by atoms with van der Waals surface area (Å²) in [6, 6.07) is 4.83. The van der Waals surface area contributed by atoms with Gasteiger partial charge in [0.1, 0.15) is 0 Å². The van der Waals surface area contributed by atoms with Crippen molar-refractivity contribution < 1.29 is 18.3 Å². The maximum absolute atomic E-state index is 12.4. The first kappa shape index (κ1) is 15.5. The molecular weight excluding hydrogens is 298 g/mol. The highest BCUT2D eigenvalue weighted by Crippen LogP contribution is 2.31. The smallest absolute Gasteiger partial charge is 0.387 e. The van der Waals surface area contributed by atoms with E-state index in [0.29, 0.717) is 12.2 Å². The second kappa shape index (κ2) is 7.21. The zero-order valence-electron chi connectivity index (χ0n) is 11.7. The van der Waals surface area contributed by atoms with E-state index in [0.717, 1.165) is 16.3 Å². The number of alkyl halides is 2. The number of hydrogen-bond donors (Lipinski definition) is 1. The van der Waals surface area contributed by atoms with Crippen LogP contribution in [0.2, 0.25) is 0 Å². The van der Waals surface area contributed by atoms with Crippen LogP contribution in [0.3, 0.4) is 0 Å². The summed E-state index contributed by atoms with van der Waals surface area (Å²) in [5.74, 6) is 0.281. The molecule has 0 amide bonds. The third-order valence-corrected chi connectivity index (χ3v) is 3.89. The Hall–Kier alpha value is -1.89. The number of rotatable bonds is 7. The molecule has 0 saturated heterocycles. The van der Waals surface area contributed by atoms with E-state index in [1.54, 1.807) is 23.5 Å². The highest BCUT2D eigenvalue weighted by molar-refractivity contribution is 7.11. The molecule has 21 heavy (non-hydrogen) atoms. The van der Waals surface area contributed by atoms with Crippen LogP contribution in [0.5, 0.6) is 11.5 Å². The van der Waals surface area contributed by atoms with Gasteiger partial charge in [0, 0.05) is 22.8 Å². The minimum Gasteiger partial charge on any atom is -0.493 e. The molecule has 1 N–H and O–H groups in total. The highest BCUT2D eigenvalue weighted by Gasteiger charge is 2.11. The number of aryl methyl sites for hydroxylation is 1. The van der Waals surface area contributed by atoms with Gasteiger partial charge in [-0.3, -0.25) is 0 Å². The molecule has 2 aromatic rings. The van der Waals surface area contributed by atoms with Crippen molar-refractivity contribution in [2.45, 2.75) is 26.5 Å². The monoisotopic (exact) mass is 314 g/mol. The van der Waals surface area contributed by atoms with Gasteiger partial charge in [0.25, 0.3) is 0 Å². The molecule has 1 aromatic heterocycles. The van der Waals surface area contributed by atoms with Crippen LogP contribution in [0.15, 0.2) is 24.4 Å². The van der Waals surface area contributed by atoms with E-state index in [1.165, 1.54) is 13.2 Å². The molecule has 114 valence electrons. The molecule has 4 nitrogen and oxygen atoms in total. The molecule has 0 aliphatic rings. The van der Waals surface area contributed by atoms with Crippen LogP contribution < -0.4 is 14.8 Å². The first-order valence-electron chi connectivity index (χ1n) is 6.42. The Balaban J connectivity index is 2.05. The summed E-state index contributed by atoms with van der Waals surface area (Å²) in [6.07, 6.45) is 2.72. The molecular formula is C14H16F2N2O2S. The zero-order chi connectivity index (χ0) is 15.2. The van der Waals surface area contributed by atoms with E-state index in [1.807, 2.05) is 13.1 Å². The predicted molar refractivity (Wildman–Crippen MR) is 78.4 cm³/mol. The summed E-state index contributed by atoms with van der Waals surface area (Å²) in [4.78, 5) is 5.35. The minimum absolute atomic E-state index is 0.0102. The molecule has 2 rings (SSSR count). The maximum Gasteiger partial charge on any atom is 0.387 e. The molecule has 1 aromatic carbocycles. The van der Waals surface area contributed by atoms with Crippen LogP contribution in [0.25, 0.3) is 0 Å². The Morgan fingerprint density at radius 2 is 2.14 bits per heavy atom. The van der Waals surface area contributed by atoms with Gasteiger partial charge in [-0.05, 0) is 18.6 Å². The number of thiazole rings is 1. The Morgan fingerprint density at radius 3 is 2.76 bits per heavy atom. The first-order chi connectivity index (χ1) is 10.1. The largest absolute Gasteiger partial charge is 0.493 e. The lowest BCUT2D eigenvalue weighted by Crippen LogP contribution is -2.04. The lowest BCUT2D eigenvalue weighted by Gasteiger charge is -2.12. The van der Waals surface area contributed by atoms with Crippen molar-refractivity contribution >= 4 is 17.0 Å². The Kier molecular flexibility index (Phi) is 5.32. The van der Waals surface area contributed by atoms with Crippen LogP contribution in [0.4, 0.5) is 14.5 Å². The SMILES string of the molecule is CCc1ncc(CNc2ccc(OC)c(OC(F)F)c2)s1. The molecule has 0 unspecified atom stereocenters. The van der Waals surface area contributed by atoms with Gasteiger partial charge in [0.2, 0.25) is 0 Å². The molecule has 0 aliphatic heterocycles. The van der Waals surface area contributed by atoms with E-state index in [2.05, 4.69) is 15.0 Å². The summed E-state index contributed by atoms with van der Waals surface area (Å²) in [7, 11) is 1.41. The molecule has 0 bridgehead atoms. The number of nitrogens with one attached hydrogen (secondary N) is 1. The molecule has 7 heteroatoms. The summed E-state index contributed by atoms with van der Waals surface area (Å²) in [6.45, 7) is -0.256. The average Bonchev–Trinajstić information content (AvgIpc) is 2.93. The van der Waals surface area contributed by atoms with Crippen LogP contribution in [-0.4, -0.2) is 18.7 Å². The van der Waals surface area contributed by atoms with Crippen molar-refractivity contribution in [3.63, 3.8) is 0 Å². The van der Waals surface area contributed by atoms with E-state index in [9.17, 15) is 8.78 Å². The number of benzene rings is 1. The Bertz CT molecular complexity index is 590. The van der Waals surface area contributed by atoms with E-state index in [-0.39, 0.29) is 11.5 Å². The van der Waals surface area contributed by atoms with Crippen molar-refractivity contribution in [2.75, 3.05) is 12.4 Å². The van der Waals surface area contributed by atoms with Gasteiger partial charge in [-0.25, -0.2) is 4.98 Å². The van der Waals surface area contributed by atoms with Crippen LogP contribution in [0.1, 0.15) is 16.8 Å². The molecule has 1 heterocycles. The molecule has 0 radical (unpaired) electrons. The fourth-order valence-electron chi connectivity index (χ4n) is 1.76. The van der Waals surface area contributed by atoms with Crippen LogP contribution in [0, 0.1) is 0 Å². The van der Waals surface area contributed by atoms with Crippen molar-refractivity contribution in [3.05, 3.63) is 34.3 Å². The maximum atomic E-state index is 12.4. The number of nitrogens with zero attached hydrogens (tertiary/aromatic N) is 1. The second-order valence-corrected chi connectivity index (χ2v) is 5.37. The summed E-state index contributed by atoms with van der Waals surface area (Å²) < 4.78 is 34.1. The van der Waals surface area contributed by atoms with Crippen LogP contribution >= 0.6 is 11.3 Å². The minimum atomic E-state index is -2.89. The number of ether oxygens (including phenoxy) is 2. The topological polar surface area (TPSA) is 43.4 Å². The van der Waals surface area contributed by atoms with Crippen molar-refractivity contribution in [2.24, 2.45) is 0 Å². The summed E-state index contributed by atoms with van der Waals surface area (Å²) >= 11 is 1.63. The van der Waals surface area contributed by atoms with E-state index in [4.69, 9.17) is 4.74 Å². The number of anilines is 1. The van der Waals surface area contributed by atoms with Crippen molar-refractivity contribution in [1.29, 1.82) is 0 Å². The summed E-state index contributed by atoms with van der Waals surface area (Å²) in [5.41, 5.74) is 0.679. The molecule has 0 aliphatic carbocycles. The third-order valence-electron chi connectivity index (χ3n) is 2.75. The predicted octanol–water partition coefficient (Wildman–Crippen LogP) is 3.93. The van der Waals surface area contributed by atoms with Gasteiger partial charge in [-0.2, -0.15) is 8.78 Å². The number of hydrogen-bond acceptors (Lipinski definition) is 5. The van der Waals surface area contributed by atoms with E-state index >= 15 is 0 Å². The van der Waals surface area contributed by atoms with Gasteiger partial charge in [-0.1, -0.05) is 6.92 Å². The normalized spacial score (nSPS) is 10.7. The van der Waals surface area contributed by atoms with Gasteiger partial charge in [-0.15, -0.1) is 11.3 Å². The first-order valence-corrected chi connectivity index (χ1v) is 7.24. The molecule has 0 saturated carbocycles. The lowest BCUT2D eigenvalue weighted by atomic mass is 10.2. The van der Waals surface area contributed by atoms with Crippen molar-refractivity contribution in [1.82, 2.24) is 4.98 Å². The number of halogens is 2. The molecule has 0 fully saturated rings. The zero-order valence-corrected chi connectivity index (χ0v) is 12.5. The van der Waals surface area contributed by atoms with Crippen molar-refractivity contribution in [3.8, 4) is 11.5 Å². The quantitative estimate of drug-likeness (QED) is 0.841. The number of methoxy groups -OCH3 is 1. The Labute approximate surface area is 125 Å². The molecule has 0 spiro atoms. The highest BCUT2D eigenvalue weighted by atomic mass is 32.1. The number of aromatic nitrogens is 1. The van der Waals surface area contributed by atoms with Gasteiger partial charge < -0.3 is 14.8 Å². The average molecular weight is 314 g/mol. The fourth-order valence-corrected chi connectivity index (χ4v) is 2.56. The molecule has 0 atom stereocenters. The Morgan fingerprint density at radius 1 is 1.33 bits per heavy atom. The lowest BCUT2D eigenvalue weighted by molar-refractivity contribution is -0.0511. The fraction of sp³-hybridized carbons (Fsp3) is 0.357. The van der Waals surface area contributed by atoms with Gasteiger partial charge in [0.05, 0.1) is 18.7 Å². The second-order valence-electron chi connectivity index (χ2n) is 4.17. The van der Waals surface area contributed by atoms with E-state index < -0.39 is 6.61 Å². The summed E-state index contributed by atoms with van der Waals surface area (Å²) in [5, 5.41) is 4.23. The standard InChI is InChI=1S/C14H16F2N2O2S/c1-3-13-18-8-10(21-13)7-17-9-4-5-11(19-2)12(6-9)20-14(15)16/h4-6,8,14,17H,3,7H2,1-2H3. The third kappa shape index (κ3) is 4.29.